The molecule has 0 atom stereocenters. The number of nitrogens with one attached hydrogen (secondary N) is 2. The average Bonchev–Trinajstić information content (AvgIpc) is 3.51. The lowest BCUT2D eigenvalue weighted by molar-refractivity contribution is 0.224. The molecule has 1 saturated carbocycles. The number of H-pyrrole nitrogens is 2. The van der Waals surface area contributed by atoms with Crippen LogP contribution in [0.5, 0.6) is 0 Å². The van der Waals surface area contributed by atoms with Crippen molar-refractivity contribution in [3.05, 3.63) is 69.6 Å². The lowest BCUT2D eigenvalue weighted by Gasteiger charge is -2.34. The van der Waals surface area contributed by atoms with Crippen molar-refractivity contribution < 1.29 is 0 Å². The number of aromatic nitrogens is 4. The molecule has 3 aromatic heterocycles. The van der Waals surface area contributed by atoms with Gasteiger partial charge < -0.3 is 4.98 Å². The molecule has 0 unspecified atom stereocenters. The molecule has 1 fully saturated rings. The smallest absolute Gasteiger partial charge is 0.260 e. The third-order valence-corrected chi connectivity index (χ3v) is 8.26. The van der Waals surface area contributed by atoms with E-state index in [0.29, 0.717) is 22.7 Å². The van der Waals surface area contributed by atoms with Gasteiger partial charge in [-0.3, -0.25) is 9.89 Å². The Bertz CT molecular complexity index is 1290. The van der Waals surface area contributed by atoms with Crippen LogP contribution in [0.2, 0.25) is 0 Å². The molecule has 1 aromatic carbocycles. The highest BCUT2D eigenvalue weighted by atomic mass is 32.1. The van der Waals surface area contributed by atoms with E-state index in [1.54, 1.807) is 11.3 Å². The summed E-state index contributed by atoms with van der Waals surface area (Å²) >= 11 is 1.72. The fraction of sp³-hybridized carbons (Fsp3) is 0.370. The minimum Gasteiger partial charge on any atom is -0.321 e. The summed E-state index contributed by atoms with van der Waals surface area (Å²) in [5.74, 6) is 1.12. The second-order valence-electron chi connectivity index (χ2n) is 9.81. The van der Waals surface area contributed by atoms with Crippen molar-refractivity contribution in [1.82, 2.24) is 20.2 Å². The predicted molar refractivity (Wildman–Crippen MR) is 136 cm³/mol. The molecule has 4 aromatic rings. The van der Waals surface area contributed by atoms with Crippen LogP contribution in [0.15, 0.2) is 53.6 Å². The molecule has 1 aliphatic carbocycles. The zero-order valence-corrected chi connectivity index (χ0v) is 20.3. The molecule has 2 N–H and O–H groups in total. The molecule has 0 aliphatic heterocycles. The summed E-state index contributed by atoms with van der Waals surface area (Å²) in [5, 5.41) is 6.81. The first-order chi connectivity index (χ1) is 15.9. The van der Waals surface area contributed by atoms with E-state index in [0.717, 1.165) is 28.1 Å². The molecule has 0 radical (unpaired) electrons. The highest BCUT2D eigenvalue weighted by Crippen LogP contribution is 2.42. The standard InChI is InChI=1S/C27H30N4OS/c1-4-20-9-10-23(33-20)21-15-22(30-26(32)24(21)25-28-16-29-31-25)19-7-5-17(6-8-19)18-11-13-27(2,3)14-12-18/h5-10,15-16,18H,4,11-14H2,1-3H3,(H,30,32)(H,28,29,31). The Balaban J connectivity index is 1.52. The summed E-state index contributed by atoms with van der Waals surface area (Å²) in [4.78, 5) is 22.9. The maximum atomic E-state index is 13.2. The van der Waals surface area contributed by atoms with Gasteiger partial charge in [0.25, 0.3) is 5.56 Å². The molecule has 0 spiro atoms. The van der Waals surface area contributed by atoms with E-state index in [1.165, 1.54) is 42.5 Å². The van der Waals surface area contributed by atoms with Crippen LogP contribution in [0.3, 0.4) is 0 Å². The fourth-order valence-corrected chi connectivity index (χ4v) is 5.82. The number of aromatic amines is 2. The third-order valence-electron chi connectivity index (χ3n) is 6.99. The zero-order valence-electron chi connectivity index (χ0n) is 19.4. The molecule has 33 heavy (non-hydrogen) atoms. The summed E-state index contributed by atoms with van der Waals surface area (Å²) in [6, 6.07) is 15.1. The van der Waals surface area contributed by atoms with Crippen LogP contribution >= 0.6 is 11.3 Å². The Morgan fingerprint density at radius 2 is 1.85 bits per heavy atom. The summed E-state index contributed by atoms with van der Waals surface area (Å²) in [6.07, 6.45) is 7.45. The quantitative estimate of drug-likeness (QED) is 0.345. The second-order valence-corrected chi connectivity index (χ2v) is 11.0. The van der Waals surface area contributed by atoms with E-state index in [4.69, 9.17) is 0 Å². The summed E-state index contributed by atoms with van der Waals surface area (Å²) in [6.45, 7) is 6.89. The van der Waals surface area contributed by atoms with Crippen LogP contribution in [-0.2, 0) is 6.42 Å². The molecule has 5 nitrogen and oxygen atoms in total. The molecule has 3 heterocycles. The number of hydrogen-bond acceptors (Lipinski definition) is 4. The number of hydrogen-bond donors (Lipinski definition) is 2. The lowest BCUT2D eigenvalue weighted by atomic mass is 9.71. The first-order valence-corrected chi connectivity index (χ1v) is 12.6. The molecule has 0 saturated heterocycles. The number of thiophene rings is 1. The van der Waals surface area contributed by atoms with E-state index in [1.807, 2.05) is 0 Å². The van der Waals surface area contributed by atoms with Crippen molar-refractivity contribution >= 4 is 11.3 Å². The monoisotopic (exact) mass is 458 g/mol. The second kappa shape index (κ2) is 8.75. The van der Waals surface area contributed by atoms with E-state index in [2.05, 4.69) is 83.4 Å². The van der Waals surface area contributed by atoms with Crippen molar-refractivity contribution in [2.75, 3.05) is 0 Å². The molecule has 170 valence electrons. The van der Waals surface area contributed by atoms with Gasteiger partial charge in [-0.15, -0.1) is 11.3 Å². The highest BCUT2D eigenvalue weighted by Gasteiger charge is 2.27. The molecular weight excluding hydrogens is 428 g/mol. The molecule has 5 rings (SSSR count). The minimum absolute atomic E-state index is 0.163. The van der Waals surface area contributed by atoms with Crippen molar-refractivity contribution in [1.29, 1.82) is 0 Å². The average molecular weight is 459 g/mol. The van der Waals surface area contributed by atoms with Gasteiger partial charge in [-0.2, -0.15) is 5.10 Å². The van der Waals surface area contributed by atoms with Crippen molar-refractivity contribution in [2.24, 2.45) is 5.41 Å². The van der Waals surface area contributed by atoms with Crippen molar-refractivity contribution in [3.63, 3.8) is 0 Å². The minimum atomic E-state index is -0.163. The van der Waals surface area contributed by atoms with E-state index in [9.17, 15) is 4.79 Å². The van der Waals surface area contributed by atoms with Crippen LogP contribution in [0.25, 0.3) is 33.1 Å². The summed E-state index contributed by atoms with van der Waals surface area (Å²) < 4.78 is 0. The van der Waals surface area contributed by atoms with E-state index >= 15 is 0 Å². The summed E-state index contributed by atoms with van der Waals surface area (Å²) in [7, 11) is 0. The number of rotatable bonds is 5. The zero-order chi connectivity index (χ0) is 23.0. The number of aryl methyl sites for hydroxylation is 1. The van der Waals surface area contributed by atoms with Crippen LogP contribution in [-0.4, -0.2) is 20.2 Å². The Morgan fingerprint density at radius 3 is 2.48 bits per heavy atom. The first-order valence-electron chi connectivity index (χ1n) is 11.8. The van der Waals surface area contributed by atoms with Gasteiger partial charge in [0.05, 0.1) is 5.56 Å². The Hall–Kier alpha value is -2.99. The fourth-order valence-electron chi connectivity index (χ4n) is 4.85. The normalized spacial score (nSPS) is 16.2. The molecule has 1 aliphatic rings. The molecule has 0 bridgehead atoms. The van der Waals surface area contributed by atoms with Gasteiger partial charge in [-0.05, 0) is 72.8 Å². The van der Waals surface area contributed by atoms with Crippen LogP contribution in [0.1, 0.15) is 62.8 Å². The van der Waals surface area contributed by atoms with Crippen molar-refractivity contribution in [2.45, 2.75) is 58.8 Å². The van der Waals surface area contributed by atoms with Crippen LogP contribution in [0.4, 0.5) is 0 Å². The molecule has 0 amide bonds. The summed E-state index contributed by atoms with van der Waals surface area (Å²) in [5.41, 5.74) is 4.96. The van der Waals surface area contributed by atoms with Crippen molar-refractivity contribution in [3.8, 4) is 33.1 Å². The van der Waals surface area contributed by atoms with Gasteiger partial charge in [0.15, 0.2) is 5.82 Å². The predicted octanol–water partition coefficient (Wildman–Crippen LogP) is 6.80. The number of nitrogens with zero attached hydrogens (tertiary/aromatic N) is 2. The van der Waals surface area contributed by atoms with Gasteiger partial charge in [0, 0.05) is 21.0 Å². The topological polar surface area (TPSA) is 74.4 Å². The molecular formula is C27H30N4OS. The number of pyridine rings is 1. The largest absolute Gasteiger partial charge is 0.321 e. The highest BCUT2D eigenvalue weighted by molar-refractivity contribution is 7.15. The van der Waals surface area contributed by atoms with Gasteiger partial charge in [-0.1, -0.05) is 45.0 Å². The van der Waals surface area contributed by atoms with Gasteiger partial charge in [0.1, 0.15) is 6.33 Å². The maximum Gasteiger partial charge on any atom is 0.260 e. The lowest BCUT2D eigenvalue weighted by Crippen LogP contribution is -2.20. The van der Waals surface area contributed by atoms with Crippen LogP contribution < -0.4 is 5.56 Å². The van der Waals surface area contributed by atoms with Gasteiger partial charge in [-0.25, -0.2) is 4.98 Å². The first kappa shape index (κ1) is 21.8. The van der Waals surface area contributed by atoms with Crippen LogP contribution in [0, 0.1) is 5.41 Å². The third kappa shape index (κ3) is 4.44. The SMILES string of the molecule is CCc1ccc(-c2cc(-c3ccc(C4CCC(C)(C)CC4)cc3)[nH]c(=O)c2-c2ncn[nH]2)s1. The van der Waals surface area contributed by atoms with Gasteiger partial charge in [0.2, 0.25) is 0 Å². The Labute approximate surface area is 198 Å². The molecule has 6 heteroatoms. The van der Waals surface area contributed by atoms with E-state index < -0.39 is 0 Å². The van der Waals surface area contributed by atoms with E-state index in [-0.39, 0.29) is 5.56 Å². The number of benzene rings is 1. The Kier molecular flexibility index (Phi) is 5.79. The maximum absolute atomic E-state index is 13.2. The van der Waals surface area contributed by atoms with Gasteiger partial charge >= 0.3 is 0 Å². The Morgan fingerprint density at radius 1 is 1.09 bits per heavy atom.